The van der Waals surface area contributed by atoms with Crippen LogP contribution in [0.3, 0.4) is 0 Å². The Morgan fingerprint density at radius 3 is 0.850 bits per heavy atom. The number of nitrogens with zero attached hydrogens (tertiary/aromatic N) is 2. The van der Waals surface area contributed by atoms with E-state index in [0.717, 1.165) is 0 Å². The predicted molar refractivity (Wildman–Crippen MR) is 92.5 cm³/mol. The predicted octanol–water partition coefficient (Wildman–Crippen LogP) is 4.79. The van der Waals surface area contributed by atoms with E-state index in [4.69, 9.17) is 0 Å². The van der Waals surface area contributed by atoms with E-state index >= 15 is 0 Å². The number of hydrogen-bond acceptors (Lipinski definition) is 2. The van der Waals surface area contributed by atoms with Crippen molar-refractivity contribution in [2.75, 3.05) is 39.3 Å². The molecule has 122 valence electrons. The van der Waals surface area contributed by atoms with Crippen LogP contribution in [-0.4, -0.2) is 49.1 Å². The zero-order chi connectivity index (χ0) is 15.1. The monoisotopic (exact) mass is 284 g/mol. The van der Waals surface area contributed by atoms with E-state index < -0.39 is 0 Å². The Balaban J connectivity index is 4.05. The zero-order valence-electron chi connectivity index (χ0n) is 14.8. The molecule has 0 heterocycles. The second-order valence-electron chi connectivity index (χ2n) is 6.10. The summed E-state index contributed by atoms with van der Waals surface area (Å²) in [6.45, 7) is 16.9. The molecule has 0 amide bonds. The summed E-state index contributed by atoms with van der Waals surface area (Å²) in [6, 6.07) is 0. The maximum absolute atomic E-state index is 2.69. The third-order valence-electron chi connectivity index (χ3n) is 4.04. The van der Waals surface area contributed by atoms with Gasteiger partial charge in [0.25, 0.3) is 0 Å². The van der Waals surface area contributed by atoms with Crippen molar-refractivity contribution >= 4 is 0 Å². The molecule has 0 fully saturated rings. The first-order chi connectivity index (χ1) is 9.78. The van der Waals surface area contributed by atoms with Crippen LogP contribution < -0.4 is 0 Å². The number of unbranched alkanes of at least 4 members (excludes halogenated alkanes) is 4. The Morgan fingerprint density at radius 2 is 0.650 bits per heavy atom. The van der Waals surface area contributed by atoms with Gasteiger partial charge in [0.15, 0.2) is 0 Å². The van der Waals surface area contributed by atoms with Crippen LogP contribution in [0, 0.1) is 0 Å². The molecule has 0 aromatic carbocycles. The van der Waals surface area contributed by atoms with Gasteiger partial charge in [-0.3, -0.25) is 0 Å². The highest BCUT2D eigenvalue weighted by Crippen LogP contribution is 2.03. The lowest BCUT2D eigenvalue weighted by Gasteiger charge is -2.27. The molecular weight excluding hydrogens is 244 g/mol. The van der Waals surface area contributed by atoms with Crippen molar-refractivity contribution < 1.29 is 0 Å². The van der Waals surface area contributed by atoms with E-state index in [-0.39, 0.29) is 0 Å². The highest BCUT2D eigenvalue weighted by atomic mass is 15.2. The summed E-state index contributed by atoms with van der Waals surface area (Å²) in [6.07, 6.45) is 10.7. The number of rotatable bonds is 15. The summed E-state index contributed by atoms with van der Waals surface area (Å²) in [5.41, 5.74) is 0. The molecule has 0 saturated heterocycles. The lowest BCUT2D eigenvalue weighted by Crippen LogP contribution is -2.37. The van der Waals surface area contributed by atoms with E-state index in [9.17, 15) is 0 Å². The average Bonchev–Trinajstić information content (AvgIpc) is 2.48. The third-order valence-corrected chi connectivity index (χ3v) is 4.04. The van der Waals surface area contributed by atoms with E-state index in [2.05, 4.69) is 37.5 Å². The van der Waals surface area contributed by atoms with Crippen LogP contribution in [0.25, 0.3) is 0 Å². The maximum atomic E-state index is 2.69. The van der Waals surface area contributed by atoms with Crippen molar-refractivity contribution in [2.45, 2.75) is 79.1 Å². The van der Waals surface area contributed by atoms with Crippen molar-refractivity contribution in [3.05, 3.63) is 0 Å². The van der Waals surface area contributed by atoms with Crippen molar-refractivity contribution in [3.8, 4) is 0 Å². The Kier molecular flexibility index (Phi) is 15.3. The standard InChI is InChI=1S/C18H40N2/c1-5-9-13-19(14-10-6-2)17-18-20(15-11-7-3)16-12-8-4/h5-18H2,1-4H3. The van der Waals surface area contributed by atoms with Crippen molar-refractivity contribution in [3.63, 3.8) is 0 Å². The highest BCUT2D eigenvalue weighted by molar-refractivity contribution is 4.64. The molecule has 0 spiro atoms. The topological polar surface area (TPSA) is 6.48 Å². The third kappa shape index (κ3) is 11.7. The molecule has 0 aromatic heterocycles. The summed E-state index contributed by atoms with van der Waals surface area (Å²) in [5, 5.41) is 0. The van der Waals surface area contributed by atoms with Crippen LogP contribution in [0.15, 0.2) is 0 Å². The van der Waals surface area contributed by atoms with Crippen LogP contribution in [0.1, 0.15) is 79.1 Å². The van der Waals surface area contributed by atoms with Gasteiger partial charge in [0, 0.05) is 13.1 Å². The van der Waals surface area contributed by atoms with Crippen molar-refractivity contribution in [1.82, 2.24) is 9.80 Å². The van der Waals surface area contributed by atoms with Gasteiger partial charge >= 0.3 is 0 Å². The molecule has 0 rings (SSSR count). The summed E-state index contributed by atoms with van der Waals surface area (Å²) < 4.78 is 0. The molecule has 0 aliphatic carbocycles. The SMILES string of the molecule is CCCCN(CCCC)CCN(CCCC)CCCC. The molecule has 0 radical (unpaired) electrons. The van der Waals surface area contributed by atoms with Gasteiger partial charge in [-0.1, -0.05) is 53.4 Å². The van der Waals surface area contributed by atoms with Crippen LogP contribution in [0.5, 0.6) is 0 Å². The van der Waals surface area contributed by atoms with Gasteiger partial charge in [-0.15, -0.1) is 0 Å². The summed E-state index contributed by atoms with van der Waals surface area (Å²) in [4.78, 5) is 5.38. The Morgan fingerprint density at radius 1 is 0.400 bits per heavy atom. The first-order valence-corrected chi connectivity index (χ1v) is 9.23. The van der Waals surface area contributed by atoms with E-state index in [1.54, 1.807) is 0 Å². The van der Waals surface area contributed by atoms with Gasteiger partial charge in [0.2, 0.25) is 0 Å². The summed E-state index contributed by atoms with van der Waals surface area (Å²) in [5.74, 6) is 0. The fourth-order valence-electron chi connectivity index (χ4n) is 2.48. The van der Waals surface area contributed by atoms with Crippen molar-refractivity contribution in [1.29, 1.82) is 0 Å². The van der Waals surface area contributed by atoms with Crippen LogP contribution in [0.4, 0.5) is 0 Å². The van der Waals surface area contributed by atoms with Gasteiger partial charge in [0.05, 0.1) is 0 Å². The smallest absolute Gasteiger partial charge is 0.0109 e. The minimum atomic E-state index is 1.27. The number of hydrogen-bond donors (Lipinski definition) is 0. The molecule has 2 heteroatoms. The first-order valence-electron chi connectivity index (χ1n) is 9.23. The molecule has 0 unspecified atom stereocenters. The summed E-state index contributed by atoms with van der Waals surface area (Å²) >= 11 is 0. The normalized spacial score (nSPS) is 11.7. The average molecular weight is 285 g/mol. The molecule has 2 nitrogen and oxygen atoms in total. The molecule has 0 aliphatic heterocycles. The Labute approximate surface area is 128 Å². The lowest BCUT2D eigenvalue weighted by molar-refractivity contribution is 0.196. The van der Waals surface area contributed by atoms with E-state index in [1.807, 2.05) is 0 Å². The molecule has 0 bridgehead atoms. The largest absolute Gasteiger partial charge is 0.302 e. The molecular formula is C18H40N2. The second-order valence-corrected chi connectivity index (χ2v) is 6.10. The fraction of sp³-hybridized carbons (Fsp3) is 1.00. The van der Waals surface area contributed by atoms with Gasteiger partial charge in [0.1, 0.15) is 0 Å². The molecule has 0 saturated carbocycles. The maximum Gasteiger partial charge on any atom is 0.0109 e. The minimum absolute atomic E-state index is 1.27. The first kappa shape index (κ1) is 19.9. The molecule has 0 aliphatic rings. The molecule has 0 aromatic rings. The zero-order valence-corrected chi connectivity index (χ0v) is 14.8. The van der Waals surface area contributed by atoms with Crippen molar-refractivity contribution in [2.24, 2.45) is 0 Å². The molecule has 0 atom stereocenters. The Bertz CT molecular complexity index is 146. The van der Waals surface area contributed by atoms with Crippen LogP contribution >= 0.6 is 0 Å². The van der Waals surface area contributed by atoms with Gasteiger partial charge in [-0.05, 0) is 51.9 Å². The minimum Gasteiger partial charge on any atom is -0.302 e. The lowest BCUT2D eigenvalue weighted by atomic mass is 10.2. The van der Waals surface area contributed by atoms with Gasteiger partial charge in [-0.2, -0.15) is 0 Å². The molecule has 0 N–H and O–H groups in total. The van der Waals surface area contributed by atoms with Gasteiger partial charge in [-0.25, -0.2) is 0 Å². The Hall–Kier alpha value is -0.0800. The van der Waals surface area contributed by atoms with E-state index in [1.165, 1.54) is 90.6 Å². The second kappa shape index (κ2) is 15.3. The van der Waals surface area contributed by atoms with Gasteiger partial charge < -0.3 is 9.80 Å². The highest BCUT2D eigenvalue weighted by Gasteiger charge is 2.08. The van der Waals surface area contributed by atoms with Crippen LogP contribution in [-0.2, 0) is 0 Å². The van der Waals surface area contributed by atoms with E-state index in [0.29, 0.717) is 0 Å². The van der Waals surface area contributed by atoms with Crippen LogP contribution in [0.2, 0.25) is 0 Å². The quantitative estimate of drug-likeness (QED) is 0.426. The molecule has 20 heavy (non-hydrogen) atoms. The summed E-state index contributed by atoms with van der Waals surface area (Å²) in [7, 11) is 0. The fourth-order valence-corrected chi connectivity index (χ4v) is 2.48.